The van der Waals surface area contributed by atoms with Gasteiger partial charge in [0.2, 0.25) is 5.75 Å². The zero-order chi connectivity index (χ0) is 17.4. The van der Waals surface area contributed by atoms with Gasteiger partial charge in [-0.2, -0.15) is 0 Å². The van der Waals surface area contributed by atoms with Crippen LogP contribution in [0.4, 0.5) is 5.82 Å². The molecule has 0 saturated carbocycles. The molecule has 0 bridgehead atoms. The second-order valence-electron chi connectivity index (χ2n) is 5.30. The van der Waals surface area contributed by atoms with Gasteiger partial charge in [0.05, 0.1) is 5.39 Å². The number of hydrogen-bond donors (Lipinski definition) is 1. The lowest BCUT2D eigenvalue weighted by Crippen LogP contribution is -2.13. The van der Waals surface area contributed by atoms with Crippen molar-refractivity contribution in [1.29, 1.82) is 0 Å². The Morgan fingerprint density at radius 1 is 1.29 bits per heavy atom. The predicted molar refractivity (Wildman–Crippen MR) is 89.7 cm³/mol. The van der Waals surface area contributed by atoms with Crippen LogP contribution in [0.5, 0.6) is 5.75 Å². The van der Waals surface area contributed by atoms with Gasteiger partial charge < -0.3 is 19.8 Å². The number of nitro groups is 1. The number of H-pyrrole nitrogens is 1. The van der Waals surface area contributed by atoms with Crippen LogP contribution >= 0.6 is 11.3 Å². The standard InChI is InChI=1S/C15H14N4O4S/c1-7-4-5-10(13(16-7)19(21)22)23-6-11-17-14(20)12-8(2)9(3)24-15(12)18-11/h4-5H,6H2,1-3H3,(H,17,18,20). The molecule has 3 rings (SSSR count). The van der Waals surface area contributed by atoms with Gasteiger partial charge in [-0.25, -0.2) is 4.98 Å². The smallest absolute Gasteiger partial charge is 0.406 e. The molecule has 0 saturated heterocycles. The van der Waals surface area contributed by atoms with Gasteiger partial charge in [-0.15, -0.1) is 11.3 Å². The van der Waals surface area contributed by atoms with Crippen molar-refractivity contribution in [2.75, 3.05) is 0 Å². The van der Waals surface area contributed by atoms with E-state index in [0.717, 1.165) is 10.4 Å². The Hall–Kier alpha value is -2.81. The summed E-state index contributed by atoms with van der Waals surface area (Å²) in [4.78, 5) is 35.2. The van der Waals surface area contributed by atoms with Crippen LogP contribution < -0.4 is 10.3 Å². The minimum absolute atomic E-state index is 0.0342. The number of pyridine rings is 1. The molecule has 0 aliphatic carbocycles. The highest BCUT2D eigenvalue weighted by Gasteiger charge is 2.18. The molecule has 1 N–H and O–H groups in total. The van der Waals surface area contributed by atoms with Gasteiger partial charge in [0.25, 0.3) is 5.56 Å². The van der Waals surface area contributed by atoms with Gasteiger partial charge in [0.1, 0.15) is 23.0 Å². The molecule has 0 fully saturated rings. The first-order valence-electron chi connectivity index (χ1n) is 7.10. The third-order valence-corrected chi connectivity index (χ3v) is 4.71. The van der Waals surface area contributed by atoms with E-state index in [-0.39, 0.29) is 23.7 Å². The lowest BCUT2D eigenvalue weighted by molar-refractivity contribution is -0.390. The van der Waals surface area contributed by atoms with Gasteiger partial charge in [-0.1, -0.05) is 0 Å². The zero-order valence-electron chi connectivity index (χ0n) is 13.2. The third-order valence-electron chi connectivity index (χ3n) is 3.60. The highest BCUT2D eigenvalue weighted by atomic mass is 32.1. The summed E-state index contributed by atoms with van der Waals surface area (Å²) in [6.45, 7) is 5.37. The number of aromatic amines is 1. The van der Waals surface area contributed by atoms with Crippen molar-refractivity contribution in [2.24, 2.45) is 0 Å². The third kappa shape index (κ3) is 2.85. The van der Waals surface area contributed by atoms with E-state index in [0.29, 0.717) is 21.7 Å². The summed E-state index contributed by atoms with van der Waals surface area (Å²) in [5, 5.41) is 11.6. The summed E-state index contributed by atoms with van der Waals surface area (Å²) < 4.78 is 5.45. The van der Waals surface area contributed by atoms with Crippen LogP contribution in [0.2, 0.25) is 0 Å². The maximum Gasteiger partial charge on any atom is 0.406 e. The van der Waals surface area contributed by atoms with Crippen molar-refractivity contribution >= 4 is 27.4 Å². The Balaban J connectivity index is 1.92. The van der Waals surface area contributed by atoms with Gasteiger partial charge in [0, 0.05) is 11.8 Å². The van der Waals surface area contributed by atoms with Crippen molar-refractivity contribution in [1.82, 2.24) is 15.0 Å². The van der Waals surface area contributed by atoms with Crippen LogP contribution in [0.25, 0.3) is 10.2 Å². The van der Waals surface area contributed by atoms with Crippen molar-refractivity contribution in [3.63, 3.8) is 0 Å². The molecule has 3 aromatic rings. The molecule has 24 heavy (non-hydrogen) atoms. The lowest BCUT2D eigenvalue weighted by Gasteiger charge is -2.06. The molecule has 9 heteroatoms. The van der Waals surface area contributed by atoms with Crippen LogP contribution in [-0.4, -0.2) is 19.9 Å². The number of nitrogens with zero attached hydrogens (tertiary/aromatic N) is 3. The largest absolute Gasteiger partial charge is 0.478 e. The quantitative estimate of drug-likeness (QED) is 0.574. The second-order valence-corrected chi connectivity index (χ2v) is 6.50. The van der Waals surface area contributed by atoms with E-state index in [1.165, 1.54) is 17.4 Å². The summed E-state index contributed by atoms with van der Waals surface area (Å²) in [6.07, 6.45) is 0. The first-order valence-corrected chi connectivity index (χ1v) is 7.92. The fourth-order valence-corrected chi connectivity index (χ4v) is 3.34. The minimum Gasteiger partial charge on any atom is -0.478 e. The van der Waals surface area contributed by atoms with Crippen LogP contribution in [0, 0.1) is 30.9 Å². The number of fused-ring (bicyclic) bond motifs is 1. The minimum atomic E-state index is -0.603. The summed E-state index contributed by atoms with van der Waals surface area (Å²) >= 11 is 1.43. The Morgan fingerprint density at radius 3 is 2.75 bits per heavy atom. The van der Waals surface area contributed by atoms with Crippen molar-refractivity contribution in [2.45, 2.75) is 27.4 Å². The highest BCUT2D eigenvalue weighted by Crippen LogP contribution is 2.27. The van der Waals surface area contributed by atoms with E-state index in [1.54, 1.807) is 13.0 Å². The molecule has 0 spiro atoms. The number of hydrogen-bond acceptors (Lipinski definition) is 7. The van der Waals surface area contributed by atoms with Crippen LogP contribution in [0.3, 0.4) is 0 Å². The molecule has 0 amide bonds. The molecular formula is C15H14N4O4S. The Kier molecular flexibility index (Phi) is 4.02. The van der Waals surface area contributed by atoms with Crippen molar-refractivity contribution < 1.29 is 9.66 Å². The maximum absolute atomic E-state index is 12.2. The number of aryl methyl sites for hydroxylation is 3. The van der Waals surface area contributed by atoms with Crippen molar-refractivity contribution in [3.8, 4) is 5.75 Å². The fourth-order valence-electron chi connectivity index (χ4n) is 2.29. The Labute approximate surface area is 140 Å². The molecule has 0 atom stereocenters. The fraction of sp³-hybridized carbons (Fsp3) is 0.267. The van der Waals surface area contributed by atoms with Gasteiger partial charge >= 0.3 is 5.82 Å². The molecule has 0 aliphatic rings. The molecule has 0 aromatic carbocycles. The van der Waals surface area contributed by atoms with E-state index in [2.05, 4.69) is 15.0 Å². The van der Waals surface area contributed by atoms with Gasteiger partial charge in [-0.05, 0) is 41.5 Å². The second kappa shape index (κ2) is 6.00. The number of ether oxygens (including phenoxy) is 1. The SMILES string of the molecule is Cc1ccc(OCc2nc3sc(C)c(C)c3c(=O)[nH]2)c([N+](=O)[O-])n1. The van der Waals surface area contributed by atoms with E-state index < -0.39 is 4.92 Å². The molecule has 0 unspecified atom stereocenters. The maximum atomic E-state index is 12.2. The Bertz CT molecular complexity index is 1010. The number of nitrogens with one attached hydrogen (secondary N) is 1. The molecule has 3 heterocycles. The van der Waals surface area contributed by atoms with Crippen LogP contribution in [0.15, 0.2) is 16.9 Å². The number of rotatable bonds is 4. The normalized spacial score (nSPS) is 11.0. The predicted octanol–water partition coefficient (Wildman–Crippen LogP) is 2.79. The van der Waals surface area contributed by atoms with Gasteiger partial charge in [0.15, 0.2) is 0 Å². The molecule has 124 valence electrons. The van der Waals surface area contributed by atoms with Crippen molar-refractivity contribution in [3.05, 3.63) is 54.6 Å². The summed E-state index contributed by atoms with van der Waals surface area (Å²) in [5.41, 5.74) is 1.19. The molecular weight excluding hydrogens is 332 g/mol. The topological polar surface area (TPSA) is 111 Å². The summed E-state index contributed by atoms with van der Waals surface area (Å²) in [6, 6.07) is 3.10. The van der Waals surface area contributed by atoms with Gasteiger partial charge in [-0.3, -0.25) is 4.79 Å². The van der Waals surface area contributed by atoms with E-state index in [4.69, 9.17) is 4.74 Å². The highest BCUT2D eigenvalue weighted by molar-refractivity contribution is 7.18. The van der Waals surface area contributed by atoms with E-state index in [9.17, 15) is 14.9 Å². The number of thiophene rings is 1. The summed E-state index contributed by atoms with van der Waals surface area (Å²) in [5.74, 6) is -0.0169. The molecule has 3 aromatic heterocycles. The Morgan fingerprint density at radius 2 is 2.04 bits per heavy atom. The number of aromatic nitrogens is 3. The van der Waals surface area contributed by atoms with E-state index in [1.807, 2.05) is 13.8 Å². The summed E-state index contributed by atoms with van der Waals surface area (Å²) in [7, 11) is 0. The molecule has 0 aliphatic heterocycles. The van der Waals surface area contributed by atoms with E-state index >= 15 is 0 Å². The average molecular weight is 346 g/mol. The van der Waals surface area contributed by atoms with Crippen LogP contribution in [0.1, 0.15) is 22.0 Å². The first kappa shape index (κ1) is 16.1. The average Bonchev–Trinajstić information content (AvgIpc) is 2.81. The van der Waals surface area contributed by atoms with Crippen LogP contribution in [-0.2, 0) is 6.61 Å². The molecule has 0 radical (unpaired) electrons. The lowest BCUT2D eigenvalue weighted by atomic mass is 10.2. The first-order chi connectivity index (χ1) is 11.4. The monoisotopic (exact) mass is 346 g/mol. The zero-order valence-corrected chi connectivity index (χ0v) is 14.1. The molecule has 8 nitrogen and oxygen atoms in total.